The van der Waals surface area contributed by atoms with E-state index in [-0.39, 0.29) is 11.1 Å². The third-order valence-electron chi connectivity index (χ3n) is 2.94. The van der Waals surface area contributed by atoms with Crippen LogP contribution in [0.4, 0.5) is 10.5 Å². The first-order valence-electron chi connectivity index (χ1n) is 6.15. The van der Waals surface area contributed by atoms with Gasteiger partial charge in [0.1, 0.15) is 11.5 Å². The molecular formula is C15H11NO4S. The third-order valence-corrected chi connectivity index (χ3v) is 3.81. The lowest BCUT2D eigenvalue weighted by atomic mass is 10.2. The highest BCUT2D eigenvalue weighted by Crippen LogP contribution is 2.39. The van der Waals surface area contributed by atoms with E-state index in [1.807, 2.05) is 0 Å². The van der Waals surface area contributed by atoms with Crippen molar-refractivity contribution < 1.29 is 18.7 Å². The van der Waals surface area contributed by atoms with Gasteiger partial charge in [0.15, 0.2) is 0 Å². The van der Waals surface area contributed by atoms with Crippen molar-refractivity contribution in [2.75, 3.05) is 12.0 Å². The molecule has 21 heavy (non-hydrogen) atoms. The SMILES string of the molecule is COc1ccccc1N1C(=O)S/C(=C/c2ccco2)C1=O. The number of methoxy groups -OCH3 is 1. The molecule has 5 nitrogen and oxygen atoms in total. The van der Waals surface area contributed by atoms with E-state index >= 15 is 0 Å². The van der Waals surface area contributed by atoms with E-state index in [0.29, 0.717) is 22.1 Å². The first-order valence-corrected chi connectivity index (χ1v) is 6.97. The number of carbonyl (C=O) groups is 2. The second-order valence-electron chi connectivity index (χ2n) is 4.20. The Bertz CT molecular complexity index is 721. The number of rotatable bonds is 3. The van der Waals surface area contributed by atoms with Gasteiger partial charge in [-0.2, -0.15) is 0 Å². The molecule has 6 heteroatoms. The summed E-state index contributed by atoms with van der Waals surface area (Å²) in [5.74, 6) is 0.616. The van der Waals surface area contributed by atoms with Gasteiger partial charge in [-0.15, -0.1) is 0 Å². The van der Waals surface area contributed by atoms with Gasteiger partial charge in [-0.05, 0) is 36.0 Å². The van der Waals surface area contributed by atoms with Crippen molar-refractivity contribution in [2.45, 2.75) is 0 Å². The molecule has 1 fully saturated rings. The Balaban J connectivity index is 1.98. The predicted octanol–water partition coefficient (Wildman–Crippen LogP) is 3.53. The van der Waals surface area contributed by atoms with Crippen LogP contribution in [0, 0.1) is 0 Å². The molecule has 0 unspecified atom stereocenters. The minimum Gasteiger partial charge on any atom is -0.495 e. The van der Waals surface area contributed by atoms with Crippen LogP contribution in [0.2, 0.25) is 0 Å². The minimum atomic E-state index is -0.383. The van der Waals surface area contributed by atoms with E-state index in [1.165, 1.54) is 13.4 Å². The number of thioether (sulfide) groups is 1. The molecular weight excluding hydrogens is 290 g/mol. The summed E-state index contributed by atoms with van der Waals surface area (Å²) in [6.45, 7) is 0. The molecule has 3 rings (SSSR count). The quantitative estimate of drug-likeness (QED) is 0.812. The molecule has 1 aliphatic rings. The van der Waals surface area contributed by atoms with Crippen LogP contribution in [0.3, 0.4) is 0 Å². The van der Waals surface area contributed by atoms with Crippen molar-refractivity contribution in [1.82, 2.24) is 0 Å². The molecule has 0 bridgehead atoms. The van der Waals surface area contributed by atoms with Gasteiger partial charge in [-0.3, -0.25) is 9.59 Å². The second kappa shape index (κ2) is 5.49. The third kappa shape index (κ3) is 2.45. The molecule has 0 radical (unpaired) electrons. The van der Waals surface area contributed by atoms with E-state index in [0.717, 1.165) is 16.7 Å². The summed E-state index contributed by atoms with van der Waals surface area (Å²) in [7, 11) is 1.50. The van der Waals surface area contributed by atoms with Gasteiger partial charge in [-0.25, -0.2) is 4.90 Å². The van der Waals surface area contributed by atoms with Crippen LogP contribution in [0.1, 0.15) is 5.76 Å². The van der Waals surface area contributed by atoms with E-state index in [4.69, 9.17) is 9.15 Å². The average Bonchev–Trinajstić information content (AvgIpc) is 3.09. The molecule has 0 N–H and O–H groups in total. The molecule has 1 aromatic carbocycles. The molecule has 1 aromatic heterocycles. The molecule has 2 aromatic rings. The van der Waals surface area contributed by atoms with Crippen LogP contribution in [0.15, 0.2) is 52.0 Å². The first kappa shape index (κ1) is 13.5. The Morgan fingerprint density at radius 2 is 2.00 bits per heavy atom. The first-order chi connectivity index (χ1) is 10.2. The number of hydrogen-bond donors (Lipinski definition) is 0. The fourth-order valence-corrected chi connectivity index (χ4v) is 2.81. The minimum absolute atomic E-state index is 0.320. The largest absolute Gasteiger partial charge is 0.495 e. The van der Waals surface area contributed by atoms with Gasteiger partial charge in [0, 0.05) is 6.08 Å². The molecule has 2 amide bonds. The maximum absolute atomic E-state index is 12.4. The maximum atomic E-state index is 12.4. The van der Waals surface area contributed by atoms with E-state index in [1.54, 1.807) is 42.5 Å². The number of nitrogens with zero attached hydrogens (tertiary/aromatic N) is 1. The Hall–Kier alpha value is -2.47. The van der Waals surface area contributed by atoms with Crippen molar-refractivity contribution in [3.63, 3.8) is 0 Å². The van der Waals surface area contributed by atoms with Crippen molar-refractivity contribution in [2.24, 2.45) is 0 Å². The number of ether oxygens (including phenoxy) is 1. The summed E-state index contributed by atoms with van der Waals surface area (Å²) >= 11 is 0.877. The highest BCUT2D eigenvalue weighted by Gasteiger charge is 2.37. The topological polar surface area (TPSA) is 59.8 Å². The van der Waals surface area contributed by atoms with E-state index in [2.05, 4.69) is 0 Å². The number of hydrogen-bond acceptors (Lipinski definition) is 5. The maximum Gasteiger partial charge on any atom is 0.298 e. The summed E-state index contributed by atoms with van der Waals surface area (Å²) in [6, 6.07) is 10.3. The van der Waals surface area contributed by atoms with Gasteiger partial charge in [0.2, 0.25) is 0 Å². The number of imide groups is 1. The van der Waals surface area contributed by atoms with E-state index < -0.39 is 0 Å². The molecule has 106 valence electrons. The monoisotopic (exact) mass is 301 g/mol. The average molecular weight is 301 g/mol. The van der Waals surface area contributed by atoms with Crippen molar-refractivity contribution in [3.05, 3.63) is 53.3 Å². The molecule has 0 saturated carbocycles. The van der Waals surface area contributed by atoms with E-state index in [9.17, 15) is 9.59 Å². The normalized spacial score (nSPS) is 16.8. The molecule has 2 heterocycles. The van der Waals surface area contributed by atoms with Gasteiger partial charge in [0.05, 0.1) is 24.0 Å². The number of anilines is 1. The number of benzene rings is 1. The van der Waals surface area contributed by atoms with Crippen LogP contribution in [-0.2, 0) is 4.79 Å². The Morgan fingerprint density at radius 3 is 2.71 bits per heavy atom. The molecule has 0 aliphatic carbocycles. The van der Waals surface area contributed by atoms with Gasteiger partial charge in [-0.1, -0.05) is 12.1 Å². The number of amides is 2. The van der Waals surface area contributed by atoms with Crippen LogP contribution < -0.4 is 9.64 Å². The van der Waals surface area contributed by atoms with Crippen LogP contribution in [-0.4, -0.2) is 18.3 Å². The molecule has 1 aliphatic heterocycles. The van der Waals surface area contributed by atoms with Crippen molar-refractivity contribution in [1.29, 1.82) is 0 Å². The number of para-hydroxylation sites is 2. The summed E-state index contributed by atoms with van der Waals surface area (Å²) in [5.41, 5.74) is 0.436. The van der Waals surface area contributed by atoms with Crippen molar-refractivity contribution in [3.8, 4) is 5.75 Å². The molecule has 0 spiro atoms. The smallest absolute Gasteiger partial charge is 0.298 e. The Kier molecular flexibility index (Phi) is 3.53. The van der Waals surface area contributed by atoms with Crippen LogP contribution >= 0.6 is 11.8 Å². The number of carbonyl (C=O) groups excluding carboxylic acids is 2. The Labute approximate surface area is 125 Å². The zero-order chi connectivity index (χ0) is 14.8. The second-order valence-corrected chi connectivity index (χ2v) is 5.20. The molecule has 1 saturated heterocycles. The standard InChI is InChI=1S/C15H11NO4S/c1-19-12-7-3-2-6-11(12)16-14(17)13(21-15(16)18)9-10-5-4-8-20-10/h2-9H,1H3/b13-9+. The summed E-state index contributed by atoms with van der Waals surface area (Å²) in [6.07, 6.45) is 3.07. The van der Waals surface area contributed by atoms with Crippen LogP contribution in [0.5, 0.6) is 5.75 Å². The Morgan fingerprint density at radius 1 is 1.19 bits per heavy atom. The number of furan rings is 1. The fraction of sp³-hybridized carbons (Fsp3) is 0.0667. The highest BCUT2D eigenvalue weighted by atomic mass is 32.2. The molecule has 0 atom stereocenters. The predicted molar refractivity (Wildman–Crippen MR) is 80.2 cm³/mol. The zero-order valence-electron chi connectivity index (χ0n) is 11.1. The summed E-state index contributed by atoms with van der Waals surface area (Å²) in [4.78, 5) is 26.0. The highest BCUT2D eigenvalue weighted by molar-refractivity contribution is 8.19. The summed E-state index contributed by atoms with van der Waals surface area (Å²) < 4.78 is 10.4. The van der Waals surface area contributed by atoms with Crippen LogP contribution in [0.25, 0.3) is 6.08 Å². The van der Waals surface area contributed by atoms with Crippen molar-refractivity contribution >= 4 is 34.7 Å². The lowest BCUT2D eigenvalue weighted by Crippen LogP contribution is -2.28. The lowest BCUT2D eigenvalue weighted by Gasteiger charge is -2.15. The summed E-state index contributed by atoms with van der Waals surface area (Å²) in [5, 5.41) is -0.359. The van der Waals surface area contributed by atoms with Gasteiger partial charge < -0.3 is 9.15 Å². The fourth-order valence-electron chi connectivity index (χ4n) is 1.99. The lowest BCUT2D eigenvalue weighted by molar-refractivity contribution is -0.113. The van der Waals surface area contributed by atoms with Gasteiger partial charge in [0.25, 0.3) is 11.1 Å². The van der Waals surface area contributed by atoms with Gasteiger partial charge >= 0.3 is 0 Å². The zero-order valence-corrected chi connectivity index (χ0v) is 11.9.